The van der Waals surface area contributed by atoms with Gasteiger partial charge in [-0.2, -0.15) is 11.8 Å². The van der Waals surface area contributed by atoms with E-state index in [1.54, 1.807) is 6.26 Å². The predicted octanol–water partition coefficient (Wildman–Crippen LogP) is 0.604. The molecule has 1 rings (SSSR count). The number of ether oxygens (including phenoxy) is 6. The Bertz CT molecular complexity index is 884. The van der Waals surface area contributed by atoms with Crippen LogP contribution in [0.4, 0.5) is 0 Å². The molecule has 1 aliphatic heterocycles. The topological polar surface area (TPSA) is 170 Å². The van der Waals surface area contributed by atoms with Gasteiger partial charge >= 0.3 is 29.8 Å². The molecule has 0 radical (unpaired) electrons. The Morgan fingerprint density at radius 1 is 0.921 bits per heavy atom. The molecule has 1 N–H and O–H groups in total. The van der Waals surface area contributed by atoms with Gasteiger partial charge in [0.25, 0.3) is 0 Å². The van der Waals surface area contributed by atoms with Crippen LogP contribution < -0.4 is 5.32 Å². The summed E-state index contributed by atoms with van der Waals surface area (Å²) in [6.45, 7) is 5.19. The second-order valence-electron chi connectivity index (χ2n) is 8.27. The lowest BCUT2D eigenvalue weighted by molar-refractivity contribution is -0.224. The molecule has 0 aliphatic carbocycles. The van der Waals surface area contributed by atoms with Crippen LogP contribution in [0.1, 0.15) is 41.0 Å². The molecule has 1 saturated heterocycles. The lowest BCUT2D eigenvalue weighted by Crippen LogP contribution is -2.68. The second-order valence-corrected chi connectivity index (χ2v) is 10.3. The van der Waals surface area contributed by atoms with E-state index in [1.807, 2.05) is 6.26 Å². The first-order chi connectivity index (χ1) is 17.8. The number of carbonyl (C=O) groups excluding carboxylic acids is 6. The molecule has 0 bridgehead atoms. The van der Waals surface area contributed by atoms with Crippen LogP contribution in [-0.4, -0.2) is 103 Å². The number of carbonyl (C=O) groups is 6. The summed E-state index contributed by atoms with van der Waals surface area (Å²) in [6, 6.07) is -1.17. The molecular formula is C23H35NO12S2. The van der Waals surface area contributed by atoms with Gasteiger partial charge < -0.3 is 33.7 Å². The van der Waals surface area contributed by atoms with E-state index in [-0.39, 0.29) is 13.0 Å². The molecule has 15 heteroatoms. The average Bonchev–Trinajstić information content (AvgIpc) is 2.80. The summed E-state index contributed by atoms with van der Waals surface area (Å²) in [6.07, 6.45) is -2.33. The zero-order chi connectivity index (χ0) is 29.0. The summed E-state index contributed by atoms with van der Waals surface area (Å²) in [7, 11) is 0. The van der Waals surface area contributed by atoms with Gasteiger partial charge in [0.05, 0.1) is 6.04 Å². The predicted molar refractivity (Wildman–Crippen MR) is 136 cm³/mol. The maximum atomic E-state index is 13.3. The van der Waals surface area contributed by atoms with E-state index >= 15 is 0 Å². The highest BCUT2D eigenvalue weighted by Crippen LogP contribution is 2.41. The fourth-order valence-corrected chi connectivity index (χ4v) is 4.80. The van der Waals surface area contributed by atoms with Crippen molar-refractivity contribution in [2.75, 3.05) is 31.5 Å². The number of esters is 5. The highest BCUT2D eigenvalue weighted by atomic mass is 32.2. The molecule has 1 fully saturated rings. The van der Waals surface area contributed by atoms with Crippen molar-refractivity contribution in [2.45, 2.75) is 76.4 Å². The van der Waals surface area contributed by atoms with Crippen LogP contribution in [0.15, 0.2) is 0 Å². The Morgan fingerprint density at radius 3 is 2.03 bits per heavy atom. The lowest BCUT2D eigenvalue weighted by Gasteiger charge is -2.48. The third kappa shape index (κ3) is 10.3. The summed E-state index contributed by atoms with van der Waals surface area (Å²) < 4.78 is 32.9. The minimum absolute atomic E-state index is 0.0690. The van der Waals surface area contributed by atoms with Crippen molar-refractivity contribution in [1.29, 1.82) is 0 Å². The van der Waals surface area contributed by atoms with Gasteiger partial charge in [0.2, 0.25) is 10.8 Å². The normalized spacial score (nSPS) is 24.2. The maximum absolute atomic E-state index is 13.3. The van der Waals surface area contributed by atoms with Crippen LogP contribution in [0.2, 0.25) is 0 Å². The first-order valence-electron chi connectivity index (χ1n) is 11.6. The lowest BCUT2D eigenvalue weighted by atomic mass is 9.89. The van der Waals surface area contributed by atoms with Gasteiger partial charge in [-0.3, -0.25) is 24.0 Å². The SMILES string of the molecule is CSCCOC(=O)[C@]1(SC)C[C@H](OC(C)=O)[C@@H](NC(C)=O)[C@H]([C@H](OC(C)=O)[C@@H](COC(C)=O)OC(C)=O)O1. The van der Waals surface area contributed by atoms with Crippen LogP contribution in [-0.2, 0) is 57.2 Å². The number of hydrogen-bond donors (Lipinski definition) is 1. The van der Waals surface area contributed by atoms with Crippen molar-refractivity contribution in [1.82, 2.24) is 5.32 Å². The minimum Gasteiger partial charge on any atom is -0.462 e. The number of rotatable bonds is 13. The van der Waals surface area contributed by atoms with E-state index in [1.165, 1.54) is 18.7 Å². The Labute approximate surface area is 229 Å². The standard InChI is InChI=1S/C23H35NO12S2/c1-12(25)24-19-17(33-14(3)27)10-23(38-7,22(30)31-8-9-37-6)36-21(19)20(35-16(5)29)18(34-15(4)28)11-32-13(2)26/h17-21H,8-11H2,1-7H3,(H,24,25)/t17-,18+,19+,20+,21+,23+/m0/s1. The van der Waals surface area contributed by atoms with Crippen LogP contribution in [0, 0.1) is 0 Å². The molecule has 38 heavy (non-hydrogen) atoms. The summed E-state index contributed by atoms with van der Waals surface area (Å²) >= 11 is 2.41. The van der Waals surface area contributed by atoms with Crippen LogP contribution in [0.5, 0.6) is 0 Å². The summed E-state index contributed by atoms with van der Waals surface area (Å²) in [4.78, 5) is 71.3. The zero-order valence-corrected chi connectivity index (χ0v) is 24.1. The van der Waals surface area contributed by atoms with Crippen molar-refractivity contribution in [2.24, 2.45) is 0 Å². The number of amides is 1. The van der Waals surface area contributed by atoms with Crippen molar-refractivity contribution in [3.05, 3.63) is 0 Å². The van der Waals surface area contributed by atoms with Gasteiger partial charge in [-0.25, -0.2) is 4.79 Å². The fourth-order valence-electron chi connectivity index (χ4n) is 3.78. The molecule has 0 aromatic rings. The second kappa shape index (κ2) is 15.8. The Kier molecular flexibility index (Phi) is 13.9. The van der Waals surface area contributed by atoms with E-state index in [4.69, 9.17) is 28.4 Å². The van der Waals surface area contributed by atoms with E-state index in [0.29, 0.717) is 5.75 Å². The molecular weight excluding hydrogens is 546 g/mol. The quantitative estimate of drug-likeness (QED) is 0.182. The highest BCUT2D eigenvalue weighted by Gasteiger charge is 2.58. The van der Waals surface area contributed by atoms with Gasteiger partial charge in [-0.15, -0.1) is 11.8 Å². The van der Waals surface area contributed by atoms with Crippen molar-refractivity contribution >= 4 is 59.3 Å². The monoisotopic (exact) mass is 581 g/mol. The molecule has 13 nitrogen and oxygen atoms in total. The first-order valence-corrected chi connectivity index (χ1v) is 14.2. The Morgan fingerprint density at radius 2 is 1.55 bits per heavy atom. The fraction of sp³-hybridized carbons (Fsp3) is 0.739. The molecule has 0 unspecified atom stereocenters. The van der Waals surface area contributed by atoms with Crippen LogP contribution >= 0.6 is 23.5 Å². The van der Waals surface area contributed by atoms with Crippen LogP contribution in [0.3, 0.4) is 0 Å². The van der Waals surface area contributed by atoms with E-state index < -0.39 is 77.8 Å². The summed E-state index contributed by atoms with van der Waals surface area (Å²) in [5.74, 6) is -3.87. The van der Waals surface area contributed by atoms with Crippen molar-refractivity contribution in [3.63, 3.8) is 0 Å². The molecule has 1 amide bonds. The largest absolute Gasteiger partial charge is 0.462 e. The van der Waals surface area contributed by atoms with Crippen LogP contribution in [0.25, 0.3) is 0 Å². The smallest absolute Gasteiger partial charge is 0.349 e. The molecule has 1 heterocycles. The average molecular weight is 582 g/mol. The number of hydrogen-bond acceptors (Lipinski definition) is 14. The van der Waals surface area contributed by atoms with E-state index in [9.17, 15) is 28.8 Å². The molecule has 1 aliphatic rings. The number of nitrogens with one attached hydrogen (secondary N) is 1. The van der Waals surface area contributed by atoms with Gasteiger partial charge in [-0.1, -0.05) is 0 Å². The Balaban J connectivity index is 3.71. The van der Waals surface area contributed by atoms with Crippen molar-refractivity contribution in [3.8, 4) is 0 Å². The molecule has 0 aromatic carbocycles. The minimum atomic E-state index is -1.77. The van der Waals surface area contributed by atoms with E-state index in [0.717, 1.165) is 39.5 Å². The Hall–Kier alpha value is -2.52. The van der Waals surface area contributed by atoms with Gasteiger partial charge in [0.1, 0.15) is 25.4 Å². The summed E-state index contributed by atoms with van der Waals surface area (Å²) in [5, 5.41) is 2.62. The molecule has 0 saturated carbocycles. The highest BCUT2D eigenvalue weighted by molar-refractivity contribution is 8.00. The molecule has 6 atom stereocenters. The van der Waals surface area contributed by atoms with Crippen molar-refractivity contribution < 1.29 is 57.2 Å². The molecule has 0 aromatic heterocycles. The number of thioether (sulfide) groups is 2. The van der Waals surface area contributed by atoms with Gasteiger partial charge in [0.15, 0.2) is 12.2 Å². The molecule has 0 spiro atoms. The third-order valence-electron chi connectivity index (χ3n) is 5.16. The maximum Gasteiger partial charge on any atom is 0.349 e. The zero-order valence-electron chi connectivity index (χ0n) is 22.4. The van der Waals surface area contributed by atoms with E-state index in [2.05, 4.69) is 5.32 Å². The third-order valence-corrected chi connectivity index (χ3v) is 6.82. The first kappa shape index (κ1) is 33.5. The van der Waals surface area contributed by atoms with Gasteiger partial charge in [0, 0.05) is 46.8 Å². The summed E-state index contributed by atoms with van der Waals surface area (Å²) in [5.41, 5.74) is 0. The van der Waals surface area contributed by atoms with Gasteiger partial charge in [-0.05, 0) is 12.5 Å². The molecule has 216 valence electrons.